The minimum atomic E-state index is -4.79. The monoisotopic (exact) mass is 414 g/mol. The minimum absolute atomic E-state index is 0.246. The van der Waals surface area contributed by atoms with E-state index >= 15 is 0 Å². The number of hydrogen-bond acceptors (Lipinski definition) is 4. The van der Waals surface area contributed by atoms with Crippen molar-refractivity contribution in [3.05, 3.63) is 53.6 Å². The van der Waals surface area contributed by atoms with E-state index < -0.39 is 28.0 Å². The molecular weight excluding hydrogens is 397 g/mol. The molecule has 150 valence electrons. The molecule has 1 N–H and O–H groups in total. The normalized spacial score (nSPS) is 16.6. The molecule has 0 saturated carbocycles. The third kappa shape index (κ3) is 4.38. The van der Waals surface area contributed by atoms with Crippen LogP contribution in [0.4, 0.5) is 24.5 Å². The molecule has 1 amide bonds. The van der Waals surface area contributed by atoms with Crippen molar-refractivity contribution in [2.45, 2.75) is 25.7 Å². The number of benzene rings is 2. The van der Waals surface area contributed by atoms with Gasteiger partial charge in [0, 0.05) is 17.3 Å². The lowest BCUT2D eigenvalue weighted by atomic mass is 10.1. The van der Waals surface area contributed by atoms with Crippen LogP contribution in [0, 0.1) is 0 Å². The Morgan fingerprint density at radius 3 is 2.39 bits per heavy atom. The summed E-state index contributed by atoms with van der Waals surface area (Å²) in [5.74, 6) is -0.851. The van der Waals surface area contributed by atoms with Crippen LogP contribution in [-0.2, 0) is 16.4 Å². The van der Waals surface area contributed by atoms with E-state index in [1.807, 2.05) is 0 Å². The number of hydrogen-bond donors (Lipinski definition) is 1. The van der Waals surface area contributed by atoms with Crippen molar-refractivity contribution in [2.75, 3.05) is 15.9 Å². The maximum Gasteiger partial charge on any atom is 0.573 e. The van der Waals surface area contributed by atoms with E-state index in [-0.39, 0.29) is 6.04 Å². The highest BCUT2D eigenvalue weighted by Crippen LogP contribution is 2.35. The molecule has 0 spiro atoms. The molecule has 6 nitrogen and oxygen atoms in total. The number of anilines is 2. The van der Waals surface area contributed by atoms with Gasteiger partial charge in [-0.2, -0.15) is 0 Å². The van der Waals surface area contributed by atoms with E-state index in [4.69, 9.17) is 0 Å². The van der Waals surface area contributed by atoms with Gasteiger partial charge < -0.3 is 10.1 Å². The summed E-state index contributed by atoms with van der Waals surface area (Å²) in [5, 5.41) is 2.58. The molecule has 28 heavy (non-hydrogen) atoms. The molecule has 10 heteroatoms. The second-order valence-corrected chi connectivity index (χ2v) is 8.34. The van der Waals surface area contributed by atoms with Gasteiger partial charge in [0.1, 0.15) is 5.75 Å². The molecule has 0 saturated heterocycles. The van der Waals surface area contributed by atoms with Gasteiger partial charge in [0.15, 0.2) is 0 Å². The predicted molar refractivity (Wildman–Crippen MR) is 98.0 cm³/mol. The maximum atomic E-state index is 12.4. The summed E-state index contributed by atoms with van der Waals surface area (Å²) < 4.78 is 65.5. The average Bonchev–Trinajstić information content (AvgIpc) is 2.90. The van der Waals surface area contributed by atoms with Crippen molar-refractivity contribution in [1.29, 1.82) is 0 Å². The van der Waals surface area contributed by atoms with E-state index in [0.29, 0.717) is 23.4 Å². The van der Waals surface area contributed by atoms with Crippen LogP contribution in [0.3, 0.4) is 0 Å². The molecule has 0 bridgehead atoms. The summed E-state index contributed by atoms with van der Waals surface area (Å²) in [4.78, 5) is 12.4. The molecule has 1 atom stereocenters. The highest BCUT2D eigenvalue weighted by Gasteiger charge is 2.33. The molecule has 0 unspecified atom stereocenters. The summed E-state index contributed by atoms with van der Waals surface area (Å²) in [5.41, 5.74) is 1.89. The number of carbonyl (C=O) groups is 1. The van der Waals surface area contributed by atoms with Crippen molar-refractivity contribution in [2.24, 2.45) is 0 Å². The number of sulfonamides is 1. The second-order valence-electron chi connectivity index (χ2n) is 6.48. The van der Waals surface area contributed by atoms with Gasteiger partial charge in [-0.05, 0) is 61.4 Å². The summed E-state index contributed by atoms with van der Waals surface area (Å²) in [6, 6.07) is 9.23. The van der Waals surface area contributed by atoms with Gasteiger partial charge in [0.05, 0.1) is 11.9 Å². The average molecular weight is 414 g/mol. The zero-order valence-electron chi connectivity index (χ0n) is 14.9. The molecule has 2 aromatic rings. The Morgan fingerprint density at radius 1 is 1.18 bits per heavy atom. The van der Waals surface area contributed by atoms with E-state index in [0.717, 1.165) is 24.0 Å². The Balaban J connectivity index is 1.75. The zero-order valence-corrected chi connectivity index (χ0v) is 15.8. The molecule has 0 aliphatic carbocycles. The summed E-state index contributed by atoms with van der Waals surface area (Å²) in [6.45, 7) is 1.78. The fraction of sp³-hybridized carbons (Fsp3) is 0.278. The van der Waals surface area contributed by atoms with Crippen LogP contribution >= 0.6 is 0 Å². The second kappa shape index (κ2) is 7.01. The number of carbonyl (C=O) groups excluding carboxylic acids is 1. The standard InChI is InChI=1S/C18H17F3N2O4S/c1-11-9-13-10-12(3-8-16(13)23(11)28(2,25)26)17(24)22-14-4-6-15(7-5-14)27-18(19,20)21/h3-8,10-11H,9H2,1-2H3,(H,22,24)/t11-/m0/s1. The Morgan fingerprint density at radius 2 is 1.82 bits per heavy atom. The highest BCUT2D eigenvalue weighted by molar-refractivity contribution is 7.92. The van der Waals surface area contributed by atoms with Crippen LogP contribution in [0.15, 0.2) is 42.5 Å². The lowest BCUT2D eigenvalue weighted by molar-refractivity contribution is -0.274. The fourth-order valence-corrected chi connectivity index (χ4v) is 4.46. The molecule has 1 aliphatic heterocycles. The summed E-state index contributed by atoms with van der Waals surface area (Å²) >= 11 is 0. The van der Waals surface area contributed by atoms with Gasteiger partial charge in [-0.1, -0.05) is 0 Å². The number of fused-ring (bicyclic) bond motifs is 1. The van der Waals surface area contributed by atoms with Crippen molar-refractivity contribution >= 4 is 27.3 Å². The van der Waals surface area contributed by atoms with Crippen LogP contribution in [0.2, 0.25) is 0 Å². The number of rotatable bonds is 4. The van der Waals surface area contributed by atoms with Crippen LogP contribution in [0.25, 0.3) is 0 Å². The Labute approximate surface area is 160 Å². The van der Waals surface area contributed by atoms with Crippen LogP contribution < -0.4 is 14.4 Å². The summed E-state index contributed by atoms with van der Waals surface area (Å²) in [6.07, 6.45) is -3.18. The molecule has 0 radical (unpaired) electrons. The van der Waals surface area contributed by atoms with Crippen molar-refractivity contribution in [3.8, 4) is 5.75 Å². The number of halogens is 3. The predicted octanol–water partition coefficient (Wildman–Crippen LogP) is 3.55. The SMILES string of the molecule is C[C@H]1Cc2cc(C(=O)Nc3ccc(OC(F)(F)F)cc3)ccc2N1S(C)(=O)=O. The molecule has 0 fully saturated rings. The van der Waals surface area contributed by atoms with Crippen molar-refractivity contribution in [3.63, 3.8) is 0 Å². The van der Waals surface area contributed by atoms with E-state index in [9.17, 15) is 26.4 Å². The Kier molecular flexibility index (Phi) is 5.00. The van der Waals surface area contributed by atoms with Gasteiger partial charge in [-0.25, -0.2) is 8.42 Å². The Hall–Kier alpha value is -2.75. The smallest absolute Gasteiger partial charge is 0.406 e. The number of ether oxygens (including phenoxy) is 1. The molecule has 1 heterocycles. The largest absolute Gasteiger partial charge is 0.573 e. The van der Waals surface area contributed by atoms with Crippen LogP contribution in [0.5, 0.6) is 5.75 Å². The molecular formula is C18H17F3N2O4S. The van der Waals surface area contributed by atoms with Gasteiger partial charge in [0.25, 0.3) is 5.91 Å². The molecule has 0 aromatic heterocycles. The van der Waals surface area contributed by atoms with Gasteiger partial charge in [0.2, 0.25) is 10.0 Å². The van der Waals surface area contributed by atoms with Gasteiger partial charge in [-0.3, -0.25) is 9.10 Å². The number of nitrogens with one attached hydrogen (secondary N) is 1. The number of alkyl halides is 3. The zero-order chi connectivity index (χ0) is 20.7. The lowest BCUT2D eigenvalue weighted by Crippen LogP contribution is -2.34. The lowest BCUT2D eigenvalue weighted by Gasteiger charge is -2.21. The van der Waals surface area contributed by atoms with Crippen LogP contribution in [0.1, 0.15) is 22.8 Å². The highest BCUT2D eigenvalue weighted by atomic mass is 32.2. The quantitative estimate of drug-likeness (QED) is 0.830. The third-order valence-electron chi connectivity index (χ3n) is 4.20. The van der Waals surface area contributed by atoms with E-state index in [1.54, 1.807) is 19.1 Å². The summed E-state index contributed by atoms with van der Waals surface area (Å²) in [7, 11) is -3.42. The minimum Gasteiger partial charge on any atom is -0.406 e. The topological polar surface area (TPSA) is 75.7 Å². The van der Waals surface area contributed by atoms with Gasteiger partial charge in [-0.15, -0.1) is 13.2 Å². The van der Waals surface area contributed by atoms with Crippen LogP contribution in [-0.4, -0.2) is 33.0 Å². The first-order valence-corrected chi connectivity index (χ1v) is 10.1. The fourth-order valence-electron chi connectivity index (χ4n) is 3.19. The Bertz CT molecular complexity index is 1000. The molecule has 2 aromatic carbocycles. The van der Waals surface area contributed by atoms with Gasteiger partial charge >= 0.3 is 6.36 Å². The van der Waals surface area contributed by atoms with E-state index in [2.05, 4.69) is 10.1 Å². The number of amides is 1. The first-order chi connectivity index (χ1) is 12.9. The molecule has 1 aliphatic rings. The third-order valence-corrected chi connectivity index (χ3v) is 5.47. The number of nitrogens with zero attached hydrogens (tertiary/aromatic N) is 1. The van der Waals surface area contributed by atoms with E-state index in [1.165, 1.54) is 22.5 Å². The van der Waals surface area contributed by atoms with Crippen molar-refractivity contribution < 1.29 is 31.1 Å². The molecule has 3 rings (SSSR count). The first-order valence-electron chi connectivity index (χ1n) is 8.23. The van der Waals surface area contributed by atoms with Crippen molar-refractivity contribution in [1.82, 2.24) is 0 Å². The maximum absolute atomic E-state index is 12.4. The first kappa shape index (κ1) is 20.0.